The van der Waals surface area contributed by atoms with Crippen molar-refractivity contribution in [2.75, 3.05) is 38.8 Å². The van der Waals surface area contributed by atoms with Crippen molar-refractivity contribution < 1.29 is 23.8 Å². The molecule has 7 nitrogen and oxygen atoms in total. The predicted molar refractivity (Wildman–Crippen MR) is 105 cm³/mol. The second-order valence-corrected chi connectivity index (χ2v) is 6.34. The lowest BCUT2D eigenvalue weighted by molar-refractivity contribution is -0.123. The Balaban J connectivity index is 1.58. The van der Waals surface area contributed by atoms with Gasteiger partial charge in [0.2, 0.25) is 11.8 Å². The highest BCUT2D eigenvalue weighted by Gasteiger charge is 2.24. The fourth-order valence-electron chi connectivity index (χ4n) is 3.08. The van der Waals surface area contributed by atoms with E-state index in [-0.39, 0.29) is 24.8 Å². The summed E-state index contributed by atoms with van der Waals surface area (Å²) in [4.78, 5) is 26.3. The van der Waals surface area contributed by atoms with Gasteiger partial charge in [0.25, 0.3) is 0 Å². The van der Waals surface area contributed by atoms with Gasteiger partial charge in [0, 0.05) is 6.54 Å². The van der Waals surface area contributed by atoms with Gasteiger partial charge in [-0.3, -0.25) is 14.5 Å². The third-order valence-electron chi connectivity index (χ3n) is 4.52. The molecule has 0 spiro atoms. The molecule has 3 rings (SSSR count). The third kappa shape index (κ3) is 4.54. The summed E-state index contributed by atoms with van der Waals surface area (Å²) in [7, 11) is 3.17. The number of carbonyl (C=O) groups is 2. The van der Waals surface area contributed by atoms with Crippen LogP contribution in [0, 0.1) is 0 Å². The number of rotatable bonds is 7. The lowest BCUT2D eigenvalue weighted by atomic mass is 10.1. The van der Waals surface area contributed by atoms with E-state index in [4.69, 9.17) is 14.2 Å². The SMILES string of the molecule is COc1ccc(CCNC(=O)CN2C(=O)CCOc3ccccc32)cc1OC. The summed E-state index contributed by atoms with van der Waals surface area (Å²) < 4.78 is 16.1. The minimum atomic E-state index is -0.217. The number of hydrogen-bond acceptors (Lipinski definition) is 5. The Bertz CT molecular complexity index is 852. The van der Waals surface area contributed by atoms with E-state index in [1.807, 2.05) is 30.3 Å². The van der Waals surface area contributed by atoms with Crippen LogP contribution in [0.2, 0.25) is 0 Å². The number of fused-ring (bicyclic) bond motifs is 1. The Hall–Kier alpha value is -3.22. The second-order valence-electron chi connectivity index (χ2n) is 6.34. The maximum atomic E-state index is 12.4. The highest BCUT2D eigenvalue weighted by Crippen LogP contribution is 2.30. The quantitative estimate of drug-likeness (QED) is 0.792. The molecule has 0 bridgehead atoms. The van der Waals surface area contributed by atoms with Crippen LogP contribution in [0.1, 0.15) is 12.0 Å². The number of nitrogens with one attached hydrogen (secondary N) is 1. The summed E-state index contributed by atoms with van der Waals surface area (Å²) in [6.07, 6.45) is 0.882. The molecule has 2 amide bonds. The summed E-state index contributed by atoms with van der Waals surface area (Å²) in [6.45, 7) is 0.729. The van der Waals surface area contributed by atoms with Gasteiger partial charge in [-0.05, 0) is 36.2 Å². The van der Waals surface area contributed by atoms with Gasteiger partial charge < -0.3 is 19.5 Å². The molecule has 0 atom stereocenters. The molecule has 1 N–H and O–H groups in total. The molecule has 148 valence electrons. The highest BCUT2D eigenvalue weighted by molar-refractivity contribution is 6.00. The Morgan fingerprint density at radius 2 is 1.93 bits per heavy atom. The van der Waals surface area contributed by atoms with Crippen molar-refractivity contribution >= 4 is 17.5 Å². The van der Waals surface area contributed by atoms with E-state index >= 15 is 0 Å². The summed E-state index contributed by atoms with van der Waals surface area (Å²) in [5.41, 5.74) is 1.64. The average Bonchev–Trinajstić information content (AvgIpc) is 2.87. The molecule has 0 saturated carbocycles. The zero-order valence-corrected chi connectivity index (χ0v) is 16.1. The maximum Gasteiger partial charge on any atom is 0.240 e. The number of para-hydroxylation sites is 2. The van der Waals surface area contributed by atoms with Gasteiger partial charge in [0.1, 0.15) is 12.3 Å². The molecule has 1 aliphatic rings. The van der Waals surface area contributed by atoms with E-state index in [1.54, 1.807) is 26.4 Å². The van der Waals surface area contributed by atoms with Crippen molar-refractivity contribution in [1.82, 2.24) is 5.32 Å². The van der Waals surface area contributed by atoms with Crippen LogP contribution in [-0.2, 0) is 16.0 Å². The number of methoxy groups -OCH3 is 2. The van der Waals surface area contributed by atoms with Gasteiger partial charge in [-0.15, -0.1) is 0 Å². The van der Waals surface area contributed by atoms with E-state index in [9.17, 15) is 9.59 Å². The van der Waals surface area contributed by atoms with Gasteiger partial charge in [-0.25, -0.2) is 0 Å². The lowest BCUT2D eigenvalue weighted by Crippen LogP contribution is -2.41. The maximum absolute atomic E-state index is 12.4. The molecule has 0 aromatic heterocycles. The molecular formula is C21H24N2O5. The number of anilines is 1. The minimum Gasteiger partial charge on any atom is -0.493 e. The first-order valence-electron chi connectivity index (χ1n) is 9.12. The fourth-order valence-corrected chi connectivity index (χ4v) is 3.08. The lowest BCUT2D eigenvalue weighted by Gasteiger charge is -2.21. The molecule has 28 heavy (non-hydrogen) atoms. The predicted octanol–water partition coefficient (Wildman–Crippen LogP) is 2.18. The monoisotopic (exact) mass is 384 g/mol. The molecule has 0 unspecified atom stereocenters. The van der Waals surface area contributed by atoms with Crippen LogP contribution in [0.25, 0.3) is 0 Å². The summed E-state index contributed by atoms with van der Waals surface area (Å²) in [6, 6.07) is 12.9. The summed E-state index contributed by atoms with van der Waals surface area (Å²) in [5, 5.41) is 2.87. The molecule has 0 aliphatic carbocycles. The zero-order chi connectivity index (χ0) is 19.9. The highest BCUT2D eigenvalue weighted by atomic mass is 16.5. The van der Waals surface area contributed by atoms with Crippen LogP contribution in [0.4, 0.5) is 5.69 Å². The number of hydrogen-bond donors (Lipinski definition) is 1. The average molecular weight is 384 g/mol. The molecular weight excluding hydrogens is 360 g/mol. The van der Waals surface area contributed by atoms with Gasteiger partial charge in [-0.1, -0.05) is 18.2 Å². The first-order chi connectivity index (χ1) is 13.6. The normalized spacial score (nSPS) is 13.2. The van der Waals surface area contributed by atoms with E-state index in [0.717, 1.165) is 5.56 Å². The van der Waals surface area contributed by atoms with Crippen molar-refractivity contribution in [1.29, 1.82) is 0 Å². The van der Waals surface area contributed by atoms with Crippen molar-refractivity contribution in [2.45, 2.75) is 12.8 Å². The Kier molecular flexibility index (Phi) is 6.37. The van der Waals surface area contributed by atoms with Crippen molar-refractivity contribution in [3.8, 4) is 17.2 Å². The van der Waals surface area contributed by atoms with Gasteiger partial charge in [0.15, 0.2) is 11.5 Å². The molecule has 7 heteroatoms. The summed E-state index contributed by atoms with van der Waals surface area (Å²) in [5.74, 6) is 1.59. The minimum absolute atomic E-state index is 0.0366. The third-order valence-corrected chi connectivity index (χ3v) is 4.52. The Labute approximate surface area is 164 Å². The van der Waals surface area contributed by atoms with E-state index in [0.29, 0.717) is 42.5 Å². The molecule has 1 heterocycles. The summed E-state index contributed by atoms with van der Waals surface area (Å²) >= 11 is 0. The van der Waals surface area contributed by atoms with Crippen LogP contribution in [0.3, 0.4) is 0 Å². The molecule has 0 saturated heterocycles. The van der Waals surface area contributed by atoms with Crippen LogP contribution in [-0.4, -0.2) is 45.7 Å². The van der Waals surface area contributed by atoms with Crippen LogP contribution >= 0.6 is 0 Å². The number of amides is 2. The molecule has 1 aliphatic heterocycles. The molecule has 0 radical (unpaired) electrons. The topological polar surface area (TPSA) is 77.1 Å². The van der Waals surface area contributed by atoms with Gasteiger partial charge >= 0.3 is 0 Å². The van der Waals surface area contributed by atoms with Crippen LogP contribution in [0.15, 0.2) is 42.5 Å². The standard InChI is InChI=1S/C21H24N2O5/c1-26-18-8-7-15(13-19(18)27-2)9-11-22-20(24)14-23-16-5-3-4-6-17(16)28-12-10-21(23)25/h3-8,13H,9-12,14H2,1-2H3,(H,22,24). The smallest absolute Gasteiger partial charge is 0.240 e. The first kappa shape index (κ1) is 19.5. The molecule has 2 aromatic rings. The van der Waals surface area contributed by atoms with Crippen molar-refractivity contribution in [3.63, 3.8) is 0 Å². The number of carbonyl (C=O) groups excluding carboxylic acids is 2. The number of ether oxygens (including phenoxy) is 3. The Morgan fingerprint density at radius 3 is 2.71 bits per heavy atom. The second kappa shape index (κ2) is 9.12. The van der Waals surface area contributed by atoms with Crippen LogP contribution in [0.5, 0.6) is 17.2 Å². The van der Waals surface area contributed by atoms with Crippen molar-refractivity contribution in [3.05, 3.63) is 48.0 Å². The molecule has 0 fully saturated rings. The van der Waals surface area contributed by atoms with Gasteiger partial charge in [0.05, 0.1) is 32.9 Å². The van der Waals surface area contributed by atoms with Crippen LogP contribution < -0.4 is 24.4 Å². The molecule has 2 aromatic carbocycles. The van der Waals surface area contributed by atoms with E-state index < -0.39 is 0 Å². The van der Waals surface area contributed by atoms with Gasteiger partial charge in [-0.2, -0.15) is 0 Å². The largest absolute Gasteiger partial charge is 0.493 e. The first-order valence-corrected chi connectivity index (χ1v) is 9.12. The zero-order valence-electron chi connectivity index (χ0n) is 16.1. The number of nitrogens with zero attached hydrogens (tertiary/aromatic N) is 1. The fraction of sp³-hybridized carbons (Fsp3) is 0.333. The van der Waals surface area contributed by atoms with E-state index in [2.05, 4.69) is 5.32 Å². The van der Waals surface area contributed by atoms with Crippen molar-refractivity contribution in [2.24, 2.45) is 0 Å². The Morgan fingerprint density at radius 1 is 1.14 bits per heavy atom. The number of benzene rings is 2. The van der Waals surface area contributed by atoms with E-state index in [1.165, 1.54) is 4.90 Å².